The van der Waals surface area contributed by atoms with Crippen LogP contribution in [0.25, 0.3) is 11.1 Å². The highest BCUT2D eigenvalue weighted by molar-refractivity contribution is 5.88. The number of carbonyl (C=O) groups is 1. The van der Waals surface area contributed by atoms with Crippen molar-refractivity contribution in [2.45, 2.75) is 31.8 Å². The molecule has 2 fully saturated rings. The molecule has 1 N–H and O–H groups in total. The Labute approximate surface area is 152 Å². The maximum atomic E-state index is 12.6. The molecule has 1 saturated heterocycles. The molecule has 2 aliphatic rings. The summed E-state index contributed by atoms with van der Waals surface area (Å²) >= 11 is 0. The van der Waals surface area contributed by atoms with Gasteiger partial charge in [-0.3, -0.25) is 14.6 Å². The van der Waals surface area contributed by atoms with Crippen LogP contribution in [0.5, 0.6) is 0 Å². The Hall–Kier alpha value is -2.89. The lowest BCUT2D eigenvalue weighted by molar-refractivity contribution is -0.130. The van der Waals surface area contributed by atoms with Gasteiger partial charge in [-0.05, 0) is 49.6 Å². The third-order valence-corrected chi connectivity index (χ3v) is 5.07. The molecule has 2 aromatic rings. The quantitative estimate of drug-likeness (QED) is 0.839. The topological polar surface area (TPSA) is 69.3 Å². The average Bonchev–Trinajstić information content (AvgIpc) is 3.43. The number of hydrogen-bond acceptors (Lipinski definition) is 4. The molecule has 0 atom stereocenters. The molecule has 3 heterocycles. The normalized spacial score (nSPS) is 16.9. The standard InChI is InChI=1S/C20H22N4O2/c1-3-19(25)23-11-17(12-23)24(16-4-5-16)18-9-15(10-22-20(18)26)14-6-7-21-13(2)8-14/h3,6-10,16-17H,1,4-5,11-12H2,2H3,(H,22,26). The van der Waals surface area contributed by atoms with Crippen molar-refractivity contribution in [1.29, 1.82) is 0 Å². The van der Waals surface area contributed by atoms with Gasteiger partial charge in [0.2, 0.25) is 5.91 Å². The lowest BCUT2D eigenvalue weighted by Crippen LogP contribution is -2.62. The molecule has 1 amide bonds. The summed E-state index contributed by atoms with van der Waals surface area (Å²) in [4.78, 5) is 35.4. The Bertz CT molecular complexity index is 910. The van der Waals surface area contributed by atoms with E-state index >= 15 is 0 Å². The van der Waals surface area contributed by atoms with E-state index in [0.717, 1.165) is 29.7 Å². The van der Waals surface area contributed by atoms with Gasteiger partial charge in [0, 0.05) is 42.8 Å². The maximum Gasteiger partial charge on any atom is 0.271 e. The molecule has 4 rings (SSSR count). The number of aromatic nitrogens is 2. The van der Waals surface area contributed by atoms with Crippen molar-refractivity contribution in [2.75, 3.05) is 18.0 Å². The number of pyridine rings is 2. The van der Waals surface area contributed by atoms with E-state index in [1.807, 2.05) is 25.1 Å². The van der Waals surface area contributed by atoms with Crippen molar-refractivity contribution in [3.05, 3.63) is 59.3 Å². The zero-order valence-corrected chi connectivity index (χ0v) is 14.8. The lowest BCUT2D eigenvalue weighted by Gasteiger charge is -2.46. The highest BCUT2D eigenvalue weighted by Crippen LogP contribution is 2.35. The van der Waals surface area contributed by atoms with Crippen LogP contribution in [-0.4, -0.2) is 45.9 Å². The maximum absolute atomic E-state index is 12.6. The van der Waals surface area contributed by atoms with E-state index in [4.69, 9.17) is 0 Å². The summed E-state index contributed by atoms with van der Waals surface area (Å²) in [7, 11) is 0. The van der Waals surface area contributed by atoms with Gasteiger partial charge < -0.3 is 14.8 Å². The molecule has 0 bridgehead atoms. The van der Waals surface area contributed by atoms with Gasteiger partial charge in [-0.2, -0.15) is 0 Å². The predicted octanol–water partition coefficient (Wildman–Crippen LogP) is 2.11. The summed E-state index contributed by atoms with van der Waals surface area (Å²) in [6, 6.07) is 6.48. The van der Waals surface area contributed by atoms with Gasteiger partial charge in [0.05, 0.1) is 6.04 Å². The van der Waals surface area contributed by atoms with Crippen LogP contribution in [0.2, 0.25) is 0 Å². The fourth-order valence-electron chi connectivity index (χ4n) is 3.54. The van der Waals surface area contributed by atoms with E-state index in [1.54, 1.807) is 17.3 Å². The van der Waals surface area contributed by atoms with Gasteiger partial charge in [0.1, 0.15) is 5.69 Å². The molecule has 0 spiro atoms. The van der Waals surface area contributed by atoms with Crippen LogP contribution in [0, 0.1) is 6.92 Å². The average molecular weight is 350 g/mol. The third kappa shape index (κ3) is 3.03. The molecule has 0 unspecified atom stereocenters. The molecule has 134 valence electrons. The van der Waals surface area contributed by atoms with E-state index in [9.17, 15) is 9.59 Å². The first-order chi connectivity index (χ1) is 12.6. The second-order valence-corrected chi connectivity index (χ2v) is 7.03. The zero-order valence-electron chi connectivity index (χ0n) is 14.8. The molecule has 26 heavy (non-hydrogen) atoms. The molecular formula is C20H22N4O2. The summed E-state index contributed by atoms with van der Waals surface area (Å²) in [6.45, 7) is 6.77. The fraction of sp³-hybridized carbons (Fsp3) is 0.350. The van der Waals surface area contributed by atoms with Gasteiger partial charge in [-0.15, -0.1) is 0 Å². The van der Waals surface area contributed by atoms with E-state index in [1.165, 1.54) is 6.08 Å². The number of amides is 1. The van der Waals surface area contributed by atoms with Gasteiger partial charge >= 0.3 is 0 Å². The number of nitrogens with zero attached hydrogens (tertiary/aromatic N) is 3. The second kappa shape index (κ2) is 6.44. The van der Waals surface area contributed by atoms with Crippen LogP contribution >= 0.6 is 0 Å². The van der Waals surface area contributed by atoms with Gasteiger partial charge in [0.25, 0.3) is 5.56 Å². The molecule has 2 aromatic heterocycles. The van der Waals surface area contributed by atoms with E-state index in [0.29, 0.717) is 24.8 Å². The van der Waals surface area contributed by atoms with Crippen LogP contribution in [0.1, 0.15) is 18.5 Å². The molecule has 1 aliphatic carbocycles. The Balaban J connectivity index is 1.65. The zero-order chi connectivity index (χ0) is 18.3. The van der Waals surface area contributed by atoms with Gasteiger partial charge in [-0.1, -0.05) is 6.58 Å². The number of hydrogen-bond donors (Lipinski definition) is 1. The highest BCUT2D eigenvalue weighted by atomic mass is 16.2. The number of aromatic amines is 1. The van der Waals surface area contributed by atoms with Crippen molar-refractivity contribution < 1.29 is 4.79 Å². The number of nitrogens with one attached hydrogen (secondary N) is 1. The largest absolute Gasteiger partial charge is 0.358 e. The number of anilines is 1. The number of likely N-dealkylation sites (tertiary alicyclic amines) is 1. The summed E-state index contributed by atoms with van der Waals surface area (Å²) in [5, 5.41) is 0. The summed E-state index contributed by atoms with van der Waals surface area (Å²) in [5.74, 6) is -0.0492. The highest BCUT2D eigenvalue weighted by Gasteiger charge is 2.41. The molecule has 0 radical (unpaired) electrons. The summed E-state index contributed by atoms with van der Waals surface area (Å²) in [5.41, 5.74) is 3.54. The monoisotopic (exact) mass is 350 g/mol. The van der Waals surface area contributed by atoms with Crippen molar-refractivity contribution >= 4 is 11.6 Å². The first kappa shape index (κ1) is 16.6. The first-order valence-corrected chi connectivity index (χ1v) is 8.92. The molecule has 6 heteroatoms. The van der Waals surface area contributed by atoms with Crippen LogP contribution in [0.4, 0.5) is 5.69 Å². The second-order valence-electron chi connectivity index (χ2n) is 7.03. The van der Waals surface area contributed by atoms with Crippen LogP contribution in [0.15, 0.2) is 48.0 Å². The third-order valence-electron chi connectivity index (χ3n) is 5.07. The smallest absolute Gasteiger partial charge is 0.271 e. The summed E-state index contributed by atoms with van der Waals surface area (Å²) in [6.07, 6.45) is 7.05. The molecule has 0 aromatic carbocycles. The van der Waals surface area contributed by atoms with E-state index < -0.39 is 0 Å². The number of carbonyl (C=O) groups excluding carboxylic acids is 1. The minimum absolute atomic E-state index is 0.0492. The predicted molar refractivity (Wildman–Crippen MR) is 101 cm³/mol. The minimum Gasteiger partial charge on any atom is -0.358 e. The Morgan fingerprint density at radius 1 is 1.31 bits per heavy atom. The molecule has 1 aliphatic heterocycles. The van der Waals surface area contributed by atoms with E-state index in [-0.39, 0.29) is 17.5 Å². The Kier molecular flexibility index (Phi) is 4.11. The van der Waals surface area contributed by atoms with Crippen molar-refractivity contribution in [2.24, 2.45) is 0 Å². The van der Waals surface area contributed by atoms with Crippen molar-refractivity contribution in [3.8, 4) is 11.1 Å². The number of aryl methyl sites for hydroxylation is 1. The lowest BCUT2D eigenvalue weighted by atomic mass is 10.0. The molecule has 6 nitrogen and oxygen atoms in total. The molecule has 1 saturated carbocycles. The van der Waals surface area contributed by atoms with Crippen molar-refractivity contribution in [3.63, 3.8) is 0 Å². The van der Waals surface area contributed by atoms with Gasteiger partial charge in [0.15, 0.2) is 0 Å². The number of H-pyrrole nitrogens is 1. The van der Waals surface area contributed by atoms with Crippen LogP contribution in [0.3, 0.4) is 0 Å². The number of rotatable bonds is 5. The SMILES string of the molecule is C=CC(=O)N1CC(N(c2cc(-c3ccnc(C)c3)c[nH]c2=O)C2CC2)C1. The van der Waals surface area contributed by atoms with Crippen LogP contribution < -0.4 is 10.5 Å². The van der Waals surface area contributed by atoms with Gasteiger partial charge in [-0.25, -0.2) is 0 Å². The van der Waals surface area contributed by atoms with E-state index in [2.05, 4.69) is 21.4 Å². The van der Waals surface area contributed by atoms with Crippen molar-refractivity contribution in [1.82, 2.24) is 14.9 Å². The summed E-state index contributed by atoms with van der Waals surface area (Å²) < 4.78 is 0. The van der Waals surface area contributed by atoms with Crippen LogP contribution in [-0.2, 0) is 4.79 Å². The fourth-order valence-corrected chi connectivity index (χ4v) is 3.54. The Morgan fingerprint density at radius 3 is 2.73 bits per heavy atom. The first-order valence-electron chi connectivity index (χ1n) is 8.92. The molecular weight excluding hydrogens is 328 g/mol. The minimum atomic E-state index is -0.0834. The Morgan fingerprint density at radius 2 is 2.08 bits per heavy atom.